The maximum Gasteiger partial charge on any atom is 0.411 e. The normalized spacial score (nSPS) is 11.5. The van der Waals surface area contributed by atoms with Gasteiger partial charge in [-0.05, 0) is 36.8 Å². The molecule has 0 fully saturated rings. The maximum atomic E-state index is 12.3. The summed E-state index contributed by atoms with van der Waals surface area (Å²) in [4.78, 5) is 12.3. The molecule has 2 heterocycles. The second kappa shape index (κ2) is 9.18. The van der Waals surface area contributed by atoms with Crippen molar-refractivity contribution in [3.05, 3.63) is 59.1 Å². The van der Waals surface area contributed by atoms with E-state index in [0.717, 1.165) is 10.2 Å². The van der Waals surface area contributed by atoms with Gasteiger partial charge < -0.3 is 14.8 Å². The van der Waals surface area contributed by atoms with Crippen molar-refractivity contribution in [1.29, 1.82) is 0 Å². The number of hydrogen-bond donors (Lipinski definition) is 1. The summed E-state index contributed by atoms with van der Waals surface area (Å²) in [6.07, 6.45) is -0.208. The molecule has 0 aliphatic rings. The fourth-order valence-electron chi connectivity index (χ4n) is 2.35. The van der Waals surface area contributed by atoms with Crippen LogP contribution in [-0.4, -0.2) is 38.3 Å². The summed E-state index contributed by atoms with van der Waals surface area (Å²) in [5.74, 6) is 0.102. The van der Waals surface area contributed by atoms with Gasteiger partial charge in [0.2, 0.25) is 0 Å². The molecule has 160 valence electrons. The maximum absolute atomic E-state index is 12.3. The Kier molecular flexibility index (Phi) is 6.63. The second-order valence-electron chi connectivity index (χ2n) is 6.24. The molecule has 0 radical (unpaired) electrons. The predicted octanol–water partition coefficient (Wildman–Crippen LogP) is 3.87. The zero-order valence-electron chi connectivity index (χ0n) is 15.7. The third-order valence-electron chi connectivity index (χ3n) is 3.75. The molecule has 1 amide bonds. The summed E-state index contributed by atoms with van der Waals surface area (Å²) in [7, 11) is 0. The Morgan fingerprint density at radius 1 is 1.23 bits per heavy atom. The van der Waals surface area contributed by atoms with Crippen LogP contribution in [0, 0.1) is 6.92 Å². The molecule has 0 bridgehead atoms. The highest BCUT2D eigenvalue weighted by atomic mass is 35.5. The molecule has 2 aromatic heterocycles. The molecule has 0 atom stereocenters. The van der Waals surface area contributed by atoms with E-state index in [1.165, 1.54) is 23.1 Å². The van der Waals surface area contributed by atoms with E-state index in [9.17, 15) is 18.0 Å². The average molecular weight is 444 g/mol. The molecule has 0 aliphatic carbocycles. The SMILES string of the molecule is Cc1cc(OCn2ccc(C(=O)Nc3cnn(COCC(F)(F)F)c3)n2)ccc1Cl. The molecular formula is C18H17ClF3N5O3. The van der Waals surface area contributed by atoms with Gasteiger partial charge in [-0.1, -0.05) is 11.6 Å². The molecular weight excluding hydrogens is 427 g/mol. The van der Waals surface area contributed by atoms with Crippen LogP contribution in [0.25, 0.3) is 0 Å². The van der Waals surface area contributed by atoms with Crippen LogP contribution in [0.15, 0.2) is 42.9 Å². The van der Waals surface area contributed by atoms with Gasteiger partial charge in [-0.25, -0.2) is 9.36 Å². The molecule has 3 rings (SSSR count). The number of aryl methyl sites for hydroxylation is 1. The third-order valence-corrected chi connectivity index (χ3v) is 4.17. The van der Waals surface area contributed by atoms with E-state index >= 15 is 0 Å². The quantitative estimate of drug-likeness (QED) is 0.571. The molecule has 1 aromatic carbocycles. The Bertz CT molecular complexity index is 1020. The number of carbonyl (C=O) groups is 1. The van der Waals surface area contributed by atoms with E-state index < -0.39 is 25.4 Å². The van der Waals surface area contributed by atoms with E-state index in [1.807, 2.05) is 6.92 Å². The number of nitrogens with zero attached hydrogens (tertiary/aromatic N) is 4. The number of alkyl halides is 3. The molecule has 1 N–H and O–H groups in total. The lowest BCUT2D eigenvalue weighted by molar-refractivity contribution is -0.182. The number of hydrogen-bond acceptors (Lipinski definition) is 5. The highest BCUT2D eigenvalue weighted by Gasteiger charge is 2.27. The van der Waals surface area contributed by atoms with Crippen molar-refractivity contribution in [2.24, 2.45) is 0 Å². The number of nitrogens with one attached hydrogen (secondary N) is 1. The summed E-state index contributed by atoms with van der Waals surface area (Å²) in [5.41, 5.74) is 1.30. The van der Waals surface area contributed by atoms with Crippen LogP contribution in [-0.2, 0) is 18.2 Å². The van der Waals surface area contributed by atoms with E-state index in [0.29, 0.717) is 10.8 Å². The second-order valence-corrected chi connectivity index (χ2v) is 6.65. The van der Waals surface area contributed by atoms with Gasteiger partial charge in [-0.15, -0.1) is 0 Å². The highest BCUT2D eigenvalue weighted by molar-refractivity contribution is 6.31. The van der Waals surface area contributed by atoms with Gasteiger partial charge in [-0.2, -0.15) is 23.4 Å². The lowest BCUT2D eigenvalue weighted by Gasteiger charge is -2.07. The van der Waals surface area contributed by atoms with Gasteiger partial charge in [0.05, 0.1) is 18.1 Å². The number of amides is 1. The topological polar surface area (TPSA) is 83.2 Å². The Morgan fingerprint density at radius 3 is 2.77 bits per heavy atom. The molecule has 0 saturated carbocycles. The molecule has 3 aromatic rings. The van der Waals surface area contributed by atoms with Gasteiger partial charge in [0.1, 0.15) is 19.1 Å². The van der Waals surface area contributed by atoms with Crippen molar-refractivity contribution >= 4 is 23.2 Å². The first-order valence-electron chi connectivity index (χ1n) is 8.60. The van der Waals surface area contributed by atoms with E-state index in [-0.39, 0.29) is 18.1 Å². The fraction of sp³-hybridized carbons (Fsp3) is 0.278. The minimum Gasteiger partial charge on any atom is -0.471 e. The minimum absolute atomic E-state index is 0.0861. The Labute approximate surface area is 174 Å². The van der Waals surface area contributed by atoms with Crippen LogP contribution >= 0.6 is 11.6 Å². The standard InChI is InChI=1S/C18H17ClF3N5O3/c1-12-6-14(2-3-15(12)19)30-11-26-5-4-16(25-26)17(28)24-13-7-23-27(8-13)10-29-9-18(20,21)22/h2-8H,9-11H2,1H3,(H,24,28). The van der Waals surface area contributed by atoms with Gasteiger partial charge in [0.15, 0.2) is 12.4 Å². The molecule has 0 unspecified atom stereocenters. The molecule has 0 saturated heterocycles. The number of benzene rings is 1. The first-order valence-corrected chi connectivity index (χ1v) is 8.98. The average Bonchev–Trinajstić information content (AvgIpc) is 3.31. The van der Waals surface area contributed by atoms with Gasteiger partial charge in [-0.3, -0.25) is 4.79 Å². The van der Waals surface area contributed by atoms with Crippen molar-refractivity contribution in [3.63, 3.8) is 0 Å². The van der Waals surface area contributed by atoms with Crippen LogP contribution in [0.2, 0.25) is 5.02 Å². The summed E-state index contributed by atoms with van der Waals surface area (Å²) in [6, 6.07) is 6.74. The van der Waals surface area contributed by atoms with E-state index in [2.05, 4.69) is 20.3 Å². The zero-order chi connectivity index (χ0) is 21.7. The molecule has 8 nitrogen and oxygen atoms in total. The minimum atomic E-state index is -4.42. The smallest absolute Gasteiger partial charge is 0.411 e. The van der Waals surface area contributed by atoms with Crippen LogP contribution in [0.1, 0.15) is 16.1 Å². The van der Waals surface area contributed by atoms with Crippen molar-refractivity contribution in [2.75, 3.05) is 11.9 Å². The largest absolute Gasteiger partial charge is 0.471 e. The molecule has 30 heavy (non-hydrogen) atoms. The first-order chi connectivity index (χ1) is 14.2. The number of anilines is 1. The Morgan fingerprint density at radius 2 is 2.03 bits per heavy atom. The van der Waals surface area contributed by atoms with Gasteiger partial charge >= 0.3 is 6.18 Å². The number of halogens is 4. The van der Waals surface area contributed by atoms with Crippen LogP contribution < -0.4 is 10.1 Å². The number of aromatic nitrogens is 4. The van der Waals surface area contributed by atoms with Crippen molar-refractivity contribution in [3.8, 4) is 5.75 Å². The number of rotatable bonds is 8. The predicted molar refractivity (Wildman–Crippen MR) is 101 cm³/mol. The van der Waals surface area contributed by atoms with Crippen LogP contribution in [0.5, 0.6) is 5.75 Å². The van der Waals surface area contributed by atoms with Crippen LogP contribution in [0.4, 0.5) is 18.9 Å². The van der Waals surface area contributed by atoms with E-state index in [1.54, 1.807) is 24.4 Å². The molecule has 0 spiro atoms. The van der Waals surface area contributed by atoms with Gasteiger partial charge in [0, 0.05) is 11.2 Å². The van der Waals surface area contributed by atoms with Crippen LogP contribution in [0.3, 0.4) is 0 Å². The fourth-order valence-corrected chi connectivity index (χ4v) is 2.47. The Balaban J connectivity index is 1.50. The lowest BCUT2D eigenvalue weighted by atomic mass is 10.2. The summed E-state index contributed by atoms with van der Waals surface area (Å²) < 4.78 is 48.9. The third kappa shape index (κ3) is 6.22. The molecule has 0 aliphatic heterocycles. The van der Waals surface area contributed by atoms with Crippen molar-refractivity contribution in [1.82, 2.24) is 19.6 Å². The summed E-state index contributed by atoms with van der Waals surface area (Å²) >= 11 is 5.97. The zero-order valence-corrected chi connectivity index (χ0v) is 16.4. The van der Waals surface area contributed by atoms with E-state index in [4.69, 9.17) is 16.3 Å². The summed E-state index contributed by atoms with van der Waals surface area (Å²) in [6.45, 7) is 0.161. The monoisotopic (exact) mass is 443 g/mol. The van der Waals surface area contributed by atoms with Crippen molar-refractivity contribution < 1.29 is 27.4 Å². The summed E-state index contributed by atoms with van der Waals surface area (Å²) in [5, 5.41) is 11.1. The highest BCUT2D eigenvalue weighted by Crippen LogP contribution is 2.21. The Hall–Kier alpha value is -3.05. The van der Waals surface area contributed by atoms with Crippen molar-refractivity contribution in [2.45, 2.75) is 26.6 Å². The van der Waals surface area contributed by atoms with Gasteiger partial charge in [0.25, 0.3) is 5.91 Å². The molecule has 12 heteroatoms. The number of carbonyl (C=O) groups excluding carboxylic acids is 1. The first kappa shape index (κ1) is 21.7. The number of ether oxygens (including phenoxy) is 2. The lowest BCUT2D eigenvalue weighted by Crippen LogP contribution is -2.18.